The molecule has 3 aromatic carbocycles. The van der Waals surface area contributed by atoms with Crippen LogP contribution in [0.15, 0.2) is 89.5 Å². The molecule has 0 N–H and O–H groups in total. The van der Waals surface area contributed by atoms with Gasteiger partial charge in [-0.1, -0.05) is 54.6 Å². The minimum absolute atomic E-state index is 0.0641. The molecule has 184 valence electrons. The maximum atomic E-state index is 13.6. The van der Waals surface area contributed by atoms with Crippen molar-refractivity contribution in [3.05, 3.63) is 114 Å². The number of aromatic nitrogens is 1. The number of aryl methyl sites for hydroxylation is 1. The van der Waals surface area contributed by atoms with Gasteiger partial charge in [-0.3, -0.25) is 9.69 Å². The molecule has 36 heavy (non-hydrogen) atoms. The summed E-state index contributed by atoms with van der Waals surface area (Å²) in [7, 11) is 0. The van der Waals surface area contributed by atoms with Gasteiger partial charge in [0, 0.05) is 44.6 Å². The van der Waals surface area contributed by atoms with Crippen LogP contribution in [0.5, 0.6) is 0 Å². The van der Waals surface area contributed by atoms with Crippen LogP contribution in [0, 0.1) is 11.6 Å². The number of benzene rings is 3. The molecule has 2 heterocycles. The quantitative estimate of drug-likeness (QED) is 0.346. The molecule has 1 amide bonds. The first-order valence-corrected chi connectivity index (χ1v) is 12.1. The van der Waals surface area contributed by atoms with Crippen molar-refractivity contribution < 1.29 is 18.0 Å². The average Bonchev–Trinajstić information content (AvgIpc) is 3.40. The average molecular weight is 488 g/mol. The smallest absolute Gasteiger partial charge is 0.223 e. The van der Waals surface area contributed by atoms with Crippen LogP contribution in [0.4, 0.5) is 8.78 Å². The molecule has 0 radical (unpaired) electrons. The molecule has 0 spiro atoms. The summed E-state index contributed by atoms with van der Waals surface area (Å²) in [5, 5.41) is 0. The predicted molar refractivity (Wildman–Crippen MR) is 133 cm³/mol. The first kappa shape index (κ1) is 23.9. The van der Waals surface area contributed by atoms with Crippen molar-refractivity contribution in [3.63, 3.8) is 0 Å². The lowest BCUT2D eigenvalue weighted by atomic mass is 9.96. The third-order valence-corrected chi connectivity index (χ3v) is 6.57. The van der Waals surface area contributed by atoms with Gasteiger partial charge in [-0.2, -0.15) is 0 Å². The Morgan fingerprint density at radius 1 is 0.833 bits per heavy atom. The summed E-state index contributed by atoms with van der Waals surface area (Å²) in [5.41, 5.74) is 2.82. The lowest BCUT2D eigenvalue weighted by molar-refractivity contribution is -0.133. The van der Waals surface area contributed by atoms with Gasteiger partial charge in [0.1, 0.15) is 11.6 Å². The molecule has 0 atom stereocenters. The normalized spacial score (nSPS) is 14.4. The maximum Gasteiger partial charge on any atom is 0.223 e. The van der Waals surface area contributed by atoms with Gasteiger partial charge in [-0.05, 0) is 35.4 Å². The number of hydrogen-bond acceptors (Lipinski definition) is 4. The van der Waals surface area contributed by atoms with E-state index < -0.39 is 0 Å². The van der Waals surface area contributed by atoms with Gasteiger partial charge in [0.2, 0.25) is 5.91 Å². The highest BCUT2D eigenvalue weighted by atomic mass is 19.1. The largest absolute Gasteiger partial charge is 0.441 e. The molecule has 5 rings (SSSR count). The number of hydrogen-bond donors (Lipinski definition) is 0. The van der Waals surface area contributed by atoms with Crippen LogP contribution in [0.3, 0.4) is 0 Å². The lowest BCUT2D eigenvalue weighted by Gasteiger charge is -2.39. The Labute approximate surface area is 209 Å². The van der Waals surface area contributed by atoms with Crippen LogP contribution in [0.1, 0.15) is 29.5 Å². The van der Waals surface area contributed by atoms with E-state index in [-0.39, 0.29) is 23.6 Å². The van der Waals surface area contributed by atoms with Crippen LogP contribution in [0.2, 0.25) is 0 Å². The third-order valence-electron chi connectivity index (χ3n) is 6.57. The van der Waals surface area contributed by atoms with Crippen LogP contribution in [-0.2, 0) is 11.2 Å². The number of nitrogens with zero attached hydrogens (tertiary/aromatic N) is 3. The summed E-state index contributed by atoms with van der Waals surface area (Å²) in [6, 6.07) is 22.4. The highest BCUT2D eigenvalue weighted by Crippen LogP contribution is 2.30. The predicted octanol–water partition coefficient (Wildman–Crippen LogP) is 5.49. The fraction of sp³-hybridized carbons (Fsp3) is 0.241. The lowest BCUT2D eigenvalue weighted by Crippen LogP contribution is -2.49. The summed E-state index contributed by atoms with van der Waals surface area (Å²) in [6.07, 6.45) is 2.46. The summed E-state index contributed by atoms with van der Waals surface area (Å²) in [6.45, 7) is 2.47. The summed E-state index contributed by atoms with van der Waals surface area (Å²) in [5.74, 6) is 0.713. The Bertz CT molecular complexity index is 1240. The van der Waals surface area contributed by atoms with E-state index in [1.54, 1.807) is 30.5 Å². The van der Waals surface area contributed by atoms with Crippen molar-refractivity contribution in [3.8, 4) is 11.3 Å². The van der Waals surface area contributed by atoms with E-state index >= 15 is 0 Å². The van der Waals surface area contributed by atoms with Gasteiger partial charge < -0.3 is 9.32 Å². The van der Waals surface area contributed by atoms with E-state index in [0.29, 0.717) is 50.7 Å². The number of carbonyl (C=O) groups excluding carboxylic acids is 1. The van der Waals surface area contributed by atoms with Crippen molar-refractivity contribution in [2.45, 2.75) is 18.9 Å². The first-order valence-electron chi connectivity index (χ1n) is 12.1. The fourth-order valence-corrected chi connectivity index (χ4v) is 4.67. The highest BCUT2D eigenvalue weighted by molar-refractivity contribution is 5.76. The zero-order chi connectivity index (χ0) is 24.9. The van der Waals surface area contributed by atoms with Gasteiger partial charge in [0.25, 0.3) is 0 Å². The SMILES string of the molecule is O=C(CCc1ncc(-c2ccccc2)o1)N1CCN(C(c2ccc(F)cc2)c2ccc(F)cc2)CC1. The van der Waals surface area contributed by atoms with Crippen LogP contribution in [0.25, 0.3) is 11.3 Å². The van der Waals surface area contributed by atoms with Gasteiger partial charge in [0.15, 0.2) is 11.7 Å². The van der Waals surface area contributed by atoms with Crippen molar-refractivity contribution in [2.24, 2.45) is 0 Å². The molecular formula is C29H27F2N3O2. The van der Waals surface area contributed by atoms with Gasteiger partial charge in [0.05, 0.1) is 12.2 Å². The fourth-order valence-electron chi connectivity index (χ4n) is 4.67. The molecule has 1 aliphatic heterocycles. The van der Waals surface area contributed by atoms with Gasteiger partial charge in [-0.15, -0.1) is 0 Å². The van der Waals surface area contributed by atoms with Crippen LogP contribution >= 0.6 is 0 Å². The van der Waals surface area contributed by atoms with Gasteiger partial charge >= 0.3 is 0 Å². The maximum absolute atomic E-state index is 13.6. The van der Waals surface area contributed by atoms with E-state index in [2.05, 4.69) is 9.88 Å². The molecule has 4 aromatic rings. The number of piperazine rings is 1. The standard InChI is InChI=1S/C29H27F2N3O2/c30-24-10-6-22(7-11-24)29(23-8-12-25(31)13-9-23)34-18-16-33(17-19-34)28(35)15-14-27-32-20-26(36-27)21-4-2-1-3-5-21/h1-13,20,29H,14-19H2. The molecule has 1 aliphatic rings. The minimum Gasteiger partial charge on any atom is -0.441 e. The molecule has 5 nitrogen and oxygen atoms in total. The Kier molecular flexibility index (Phi) is 7.18. The zero-order valence-corrected chi connectivity index (χ0v) is 19.8. The molecule has 7 heteroatoms. The van der Waals surface area contributed by atoms with Crippen molar-refractivity contribution in [2.75, 3.05) is 26.2 Å². The van der Waals surface area contributed by atoms with E-state index in [4.69, 9.17) is 4.42 Å². The van der Waals surface area contributed by atoms with Crippen LogP contribution in [-0.4, -0.2) is 46.9 Å². The summed E-state index contributed by atoms with van der Waals surface area (Å²) in [4.78, 5) is 21.3. The third kappa shape index (κ3) is 5.52. The molecule has 0 saturated carbocycles. The van der Waals surface area contributed by atoms with Crippen molar-refractivity contribution >= 4 is 5.91 Å². The Hall–Kier alpha value is -3.84. The topological polar surface area (TPSA) is 49.6 Å². The van der Waals surface area contributed by atoms with Crippen molar-refractivity contribution in [1.29, 1.82) is 0 Å². The molecule has 1 saturated heterocycles. The van der Waals surface area contributed by atoms with Crippen LogP contribution < -0.4 is 0 Å². The molecule has 1 fully saturated rings. The van der Waals surface area contributed by atoms with Gasteiger partial charge in [-0.25, -0.2) is 13.8 Å². The second-order valence-corrected chi connectivity index (χ2v) is 8.91. The molecule has 1 aromatic heterocycles. The number of amides is 1. The van der Waals surface area contributed by atoms with E-state index in [1.165, 1.54) is 24.3 Å². The molecule has 0 aliphatic carbocycles. The number of oxazole rings is 1. The second-order valence-electron chi connectivity index (χ2n) is 8.91. The summed E-state index contributed by atoms with van der Waals surface area (Å²) >= 11 is 0. The molecule has 0 unspecified atom stereocenters. The molecule has 0 bridgehead atoms. The van der Waals surface area contributed by atoms with Crippen molar-refractivity contribution in [1.82, 2.24) is 14.8 Å². The number of halogens is 2. The number of rotatable bonds is 7. The Morgan fingerprint density at radius 2 is 1.42 bits per heavy atom. The Balaban J connectivity index is 1.20. The zero-order valence-electron chi connectivity index (χ0n) is 19.8. The van der Waals surface area contributed by atoms with E-state index in [9.17, 15) is 13.6 Å². The molecular weight excluding hydrogens is 460 g/mol. The minimum atomic E-state index is -0.297. The number of carbonyl (C=O) groups is 1. The first-order chi connectivity index (χ1) is 17.6. The second kappa shape index (κ2) is 10.8. The van der Waals surface area contributed by atoms with E-state index in [0.717, 1.165) is 16.7 Å². The summed E-state index contributed by atoms with van der Waals surface area (Å²) < 4.78 is 32.9. The Morgan fingerprint density at radius 3 is 2.00 bits per heavy atom. The monoisotopic (exact) mass is 487 g/mol. The van der Waals surface area contributed by atoms with E-state index in [1.807, 2.05) is 35.2 Å². The highest BCUT2D eigenvalue weighted by Gasteiger charge is 2.28.